The van der Waals surface area contributed by atoms with E-state index in [4.69, 9.17) is 4.74 Å². The highest BCUT2D eigenvalue weighted by Gasteiger charge is 2.38. The van der Waals surface area contributed by atoms with E-state index in [1.54, 1.807) is 14.0 Å². The Morgan fingerprint density at radius 3 is 2.71 bits per heavy atom. The topological polar surface area (TPSA) is 66.9 Å². The van der Waals surface area contributed by atoms with E-state index in [0.29, 0.717) is 32.0 Å². The van der Waals surface area contributed by atoms with E-state index < -0.39 is 0 Å². The van der Waals surface area contributed by atoms with Crippen molar-refractivity contribution in [2.75, 3.05) is 33.3 Å². The minimum atomic E-state index is -0.296. The lowest BCUT2D eigenvalue weighted by atomic mass is 10.1. The lowest BCUT2D eigenvalue weighted by Crippen LogP contribution is -2.36. The molecule has 0 bridgehead atoms. The van der Waals surface area contributed by atoms with Crippen molar-refractivity contribution >= 4 is 17.8 Å². The van der Waals surface area contributed by atoms with Crippen LogP contribution in [0.15, 0.2) is 0 Å². The predicted octanol–water partition coefficient (Wildman–Crippen LogP) is 0.656. The Bertz CT molecular complexity index is 420. The van der Waals surface area contributed by atoms with Crippen LogP contribution in [0.3, 0.4) is 0 Å². The normalized spacial score (nSPS) is 21.5. The van der Waals surface area contributed by atoms with Crippen LogP contribution in [0.1, 0.15) is 32.6 Å². The number of hydrogen-bond acceptors (Lipinski definition) is 4. The number of hydrogen-bond donors (Lipinski definition) is 0. The fourth-order valence-corrected chi connectivity index (χ4v) is 2.64. The number of likely N-dealkylation sites (tertiary alicyclic amines) is 1. The van der Waals surface area contributed by atoms with E-state index in [-0.39, 0.29) is 30.1 Å². The van der Waals surface area contributed by atoms with E-state index >= 15 is 0 Å². The highest BCUT2D eigenvalue weighted by molar-refractivity contribution is 5.89. The second-order valence-electron chi connectivity index (χ2n) is 5.96. The van der Waals surface area contributed by atoms with Gasteiger partial charge in [0.25, 0.3) is 0 Å². The molecular weight excluding hydrogens is 272 g/mol. The summed E-state index contributed by atoms with van der Waals surface area (Å²) >= 11 is 0. The zero-order chi connectivity index (χ0) is 15.4. The van der Waals surface area contributed by atoms with E-state index in [1.165, 1.54) is 17.7 Å². The predicted molar refractivity (Wildman–Crippen MR) is 76.3 cm³/mol. The van der Waals surface area contributed by atoms with Gasteiger partial charge in [0, 0.05) is 33.1 Å². The van der Waals surface area contributed by atoms with Crippen LogP contribution < -0.4 is 0 Å². The Hall–Kier alpha value is -1.59. The van der Waals surface area contributed by atoms with Gasteiger partial charge in [-0.15, -0.1) is 0 Å². The fourth-order valence-electron chi connectivity index (χ4n) is 2.64. The van der Waals surface area contributed by atoms with Crippen LogP contribution >= 0.6 is 0 Å². The summed E-state index contributed by atoms with van der Waals surface area (Å²) < 4.78 is 4.84. The van der Waals surface area contributed by atoms with Crippen molar-refractivity contribution in [3.63, 3.8) is 0 Å². The van der Waals surface area contributed by atoms with Crippen molar-refractivity contribution in [2.24, 2.45) is 11.8 Å². The Morgan fingerprint density at radius 1 is 1.38 bits per heavy atom. The van der Waals surface area contributed by atoms with Gasteiger partial charge in [-0.25, -0.2) is 0 Å². The standard InChI is InChI=1S/C15H24N2O4/c1-3-21-14(19)6-7-16(2)15(20)12-8-13(18)17(10-12)9-11-4-5-11/h11-12H,3-10H2,1-2H3. The van der Waals surface area contributed by atoms with Gasteiger partial charge in [-0.2, -0.15) is 0 Å². The molecule has 2 rings (SSSR count). The van der Waals surface area contributed by atoms with E-state index in [1.807, 2.05) is 4.90 Å². The molecule has 0 spiro atoms. The van der Waals surface area contributed by atoms with Gasteiger partial charge in [0.1, 0.15) is 0 Å². The number of nitrogens with zero attached hydrogens (tertiary/aromatic N) is 2. The molecule has 1 saturated heterocycles. The number of esters is 1. The average Bonchev–Trinajstić information content (AvgIpc) is 3.19. The lowest BCUT2D eigenvalue weighted by molar-refractivity contribution is -0.144. The summed E-state index contributed by atoms with van der Waals surface area (Å²) in [7, 11) is 1.68. The molecular formula is C15H24N2O4. The quantitative estimate of drug-likeness (QED) is 0.647. The first-order valence-electron chi connectivity index (χ1n) is 7.69. The molecule has 1 heterocycles. The lowest BCUT2D eigenvalue weighted by Gasteiger charge is -2.21. The van der Waals surface area contributed by atoms with Gasteiger partial charge in [-0.1, -0.05) is 0 Å². The monoisotopic (exact) mass is 296 g/mol. The maximum absolute atomic E-state index is 12.3. The summed E-state index contributed by atoms with van der Waals surface area (Å²) in [5.41, 5.74) is 0. The molecule has 0 radical (unpaired) electrons. The first kappa shape index (κ1) is 15.8. The third kappa shape index (κ3) is 4.44. The van der Waals surface area contributed by atoms with Crippen LogP contribution in [-0.2, 0) is 19.1 Å². The largest absolute Gasteiger partial charge is 0.466 e. The average molecular weight is 296 g/mol. The summed E-state index contributed by atoms with van der Waals surface area (Å²) in [6.45, 7) is 3.77. The molecule has 2 aliphatic rings. The van der Waals surface area contributed by atoms with Crippen LogP contribution in [0.2, 0.25) is 0 Å². The molecule has 6 heteroatoms. The fraction of sp³-hybridized carbons (Fsp3) is 0.800. The number of ether oxygens (including phenoxy) is 1. The third-order valence-corrected chi connectivity index (χ3v) is 4.07. The summed E-state index contributed by atoms with van der Waals surface area (Å²) in [5, 5.41) is 0. The van der Waals surface area contributed by atoms with Crippen LogP contribution in [0.4, 0.5) is 0 Å². The molecule has 0 N–H and O–H groups in total. The highest BCUT2D eigenvalue weighted by Crippen LogP contribution is 2.32. The molecule has 1 saturated carbocycles. The third-order valence-electron chi connectivity index (χ3n) is 4.07. The smallest absolute Gasteiger partial charge is 0.307 e. The molecule has 1 unspecified atom stereocenters. The van der Waals surface area contributed by atoms with E-state index in [2.05, 4.69) is 0 Å². The Kier molecular flexibility index (Phi) is 5.20. The van der Waals surface area contributed by atoms with E-state index in [9.17, 15) is 14.4 Å². The minimum absolute atomic E-state index is 0.0501. The van der Waals surface area contributed by atoms with Gasteiger partial charge >= 0.3 is 5.97 Å². The molecule has 2 fully saturated rings. The molecule has 0 aromatic carbocycles. The minimum Gasteiger partial charge on any atom is -0.466 e. The first-order chi connectivity index (χ1) is 10.0. The second kappa shape index (κ2) is 6.91. The molecule has 0 aromatic heterocycles. The van der Waals surface area contributed by atoms with Gasteiger partial charge in [-0.05, 0) is 25.7 Å². The molecule has 1 atom stereocenters. The van der Waals surface area contributed by atoms with Crippen LogP contribution in [0.5, 0.6) is 0 Å². The number of carbonyl (C=O) groups excluding carboxylic acids is 3. The summed E-state index contributed by atoms with van der Waals surface area (Å²) in [6, 6.07) is 0. The summed E-state index contributed by atoms with van der Waals surface area (Å²) in [6.07, 6.45) is 2.89. The summed E-state index contributed by atoms with van der Waals surface area (Å²) in [5.74, 6) is 0.118. The van der Waals surface area contributed by atoms with Crippen LogP contribution in [0.25, 0.3) is 0 Å². The second-order valence-corrected chi connectivity index (χ2v) is 5.96. The molecule has 1 aliphatic carbocycles. The maximum Gasteiger partial charge on any atom is 0.307 e. The number of amides is 2. The highest BCUT2D eigenvalue weighted by atomic mass is 16.5. The van der Waals surface area contributed by atoms with E-state index in [0.717, 1.165) is 6.54 Å². The van der Waals surface area contributed by atoms with Crippen LogP contribution in [-0.4, -0.2) is 60.9 Å². The van der Waals surface area contributed by atoms with Crippen molar-refractivity contribution < 1.29 is 19.1 Å². The molecule has 2 amide bonds. The number of rotatable bonds is 7. The van der Waals surface area contributed by atoms with Gasteiger partial charge in [0.2, 0.25) is 11.8 Å². The Morgan fingerprint density at radius 2 is 2.10 bits per heavy atom. The maximum atomic E-state index is 12.3. The van der Waals surface area contributed by atoms with Crippen molar-refractivity contribution in [1.29, 1.82) is 0 Å². The molecule has 118 valence electrons. The molecule has 6 nitrogen and oxygen atoms in total. The SMILES string of the molecule is CCOC(=O)CCN(C)C(=O)C1CC(=O)N(CC2CC2)C1. The van der Waals surface area contributed by atoms with Gasteiger partial charge in [0.15, 0.2) is 0 Å². The van der Waals surface area contributed by atoms with Crippen molar-refractivity contribution in [3.8, 4) is 0 Å². The van der Waals surface area contributed by atoms with Gasteiger partial charge in [0.05, 0.1) is 18.9 Å². The van der Waals surface area contributed by atoms with Crippen molar-refractivity contribution in [1.82, 2.24) is 9.80 Å². The van der Waals surface area contributed by atoms with Gasteiger partial charge in [-0.3, -0.25) is 14.4 Å². The van der Waals surface area contributed by atoms with Crippen molar-refractivity contribution in [2.45, 2.75) is 32.6 Å². The molecule has 21 heavy (non-hydrogen) atoms. The molecule has 1 aliphatic heterocycles. The van der Waals surface area contributed by atoms with Gasteiger partial charge < -0.3 is 14.5 Å². The zero-order valence-electron chi connectivity index (χ0n) is 12.8. The van der Waals surface area contributed by atoms with Crippen molar-refractivity contribution in [3.05, 3.63) is 0 Å². The molecule has 0 aromatic rings. The zero-order valence-corrected chi connectivity index (χ0v) is 12.8. The Balaban J connectivity index is 1.76. The van der Waals surface area contributed by atoms with Crippen LogP contribution in [0, 0.1) is 11.8 Å². The summed E-state index contributed by atoms with van der Waals surface area (Å²) in [4.78, 5) is 38.9. The Labute approximate surface area is 125 Å². The first-order valence-corrected chi connectivity index (χ1v) is 7.69. The number of carbonyl (C=O) groups is 3.